The molecule has 0 saturated carbocycles. The van der Waals surface area contributed by atoms with Gasteiger partial charge in [0.25, 0.3) is 5.91 Å². The number of benzene rings is 1. The lowest BCUT2D eigenvalue weighted by Crippen LogP contribution is -2.38. The van der Waals surface area contributed by atoms with Crippen LogP contribution >= 0.6 is 22.9 Å². The van der Waals surface area contributed by atoms with Gasteiger partial charge in [0.1, 0.15) is 11.3 Å². The molecule has 2 rings (SSSR count). The van der Waals surface area contributed by atoms with Crippen molar-refractivity contribution in [3.8, 4) is 10.4 Å². The number of ether oxygens (including phenoxy) is 1. The lowest BCUT2D eigenvalue weighted by atomic mass is 10.1. The van der Waals surface area contributed by atoms with Crippen LogP contribution in [0.4, 0.5) is 4.79 Å². The van der Waals surface area contributed by atoms with E-state index >= 15 is 0 Å². The summed E-state index contributed by atoms with van der Waals surface area (Å²) in [6, 6.07) is 7.22. The number of alkyl carbamates (subject to hydrolysis) is 1. The number of amides is 2. The number of carbonyl (C=O) groups excluding carboxylic acids is 2. The molecule has 25 heavy (non-hydrogen) atoms. The molecule has 1 aromatic carbocycles. The van der Waals surface area contributed by atoms with Gasteiger partial charge in [-0.15, -0.1) is 11.3 Å². The summed E-state index contributed by atoms with van der Waals surface area (Å²) in [6.45, 7) is 5.90. The van der Waals surface area contributed by atoms with E-state index in [1.165, 1.54) is 11.3 Å². The molecule has 0 spiro atoms. The molecule has 2 N–H and O–H groups in total. The minimum Gasteiger partial charge on any atom is -0.444 e. The second-order valence-electron chi connectivity index (χ2n) is 6.22. The minimum atomic E-state index is -0.554. The van der Waals surface area contributed by atoms with Crippen LogP contribution in [0.1, 0.15) is 31.3 Å². The summed E-state index contributed by atoms with van der Waals surface area (Å²) >= 11 is 7.27. The predicted octanol–water partition coefficient (Wildman–Crippen LogP) is 3.72. The van der Waals surface area contributed by atoms with Gasteiger partial charge in [-0.3, -0.25) is 4.79 Å². The molecular formula is C17H20ClN3O3S. The molecule has 0 radical (unpaired) electrons. The number of thiazole rings is 1. The van der Waals surface area contributed by atoms with Crippen molar-refractivity contribution < 1.29 is 14.3 Å². The van der Waals surface area contributed by atoms with E-state index in [2.05, 4.69) is 15.6 Å². The van der Waals surface area contributed by atoms with Crippen LogP contribution in [0.3, 0.4) is 0 Å². The summed E-state index contributed by atoms with van der Waals surface area (Å²) in [5.74, 6) is -0.294. The van der Waals surface area contributed by atoms with Gasteiger partial charge in [-0.2, -0.15) is 0 Å². The Kier molecular flexibility index (Phi) is 6.39. The zero-order valence-corrected chi connectivity index (χ0v) is 15.8. The maximum absolute atomic E-state index is 12.3. The third-order valence-electron chi connectivity index (χ3n) is 2.97. The lowest BCUT2D eigenvalue weighted by molar-refractivity contribution is 0.0526. The Bertz CT molecular complexity index is 738. The van der Waals surface area contributed by atoms with Crippen molar-refractivity contribution in [2.45, 2.75) is 26.4 Å². The van der Waals surface area contributed by atoms with E-state index in [-0.39, 0.29) is 19.0 Å². The van der Waals surface area contributed by atoms with E-state index in [0.717, 1.165) is 10.4 Å². The van der Waals surface area contributed by atoms with Gasteiger partial charge in [-0.1, -0.05) is 23.7 Å². The fraction of sp³-hybridized carbons (Fsp3) is 0.353. The summed E-state index contributed by atoms with van der Waals surface area (Å²) in [5, 5.41) is 5.95. The molecule has 6 nitrogen and oxygen atoms in total. The Labute approximate surface area is 155 Å². The first-order valence-electron chi connectivity index (χ1n) is 7.71. The van der Waals surface area contributed by atoms with E-state index in [1.807, 2.05) is 12.1 Å². The van der Waals surface area contributed by atoms with Gasteiger partial charge in [0, 0.05) is 18.1 Å². The monoisotopic (exact) mass is 381 g/mol. The van der Waals surface area contributed by atoms with Crippen molar-refractivity contribution in [3.63, 3.8) is 0 Å². The van der Waals surface area contributed by atoms with E-state index in [1.54, 1.807) is 38.4 Å². The van der Waals surface area contributed by atoms with Crippen LogP contribution in [-0.4, -0.2) is 35.7 Å². The number of hydrogen-bond donors (Lipinski definition) is 2. The molecule has 8 heteroatoms. The first kappa shape index (κ1) is 19.2. The van der Waals surface area contributed by atoms with Gasteiger partial charge < -0.3 is 15.4 Å². The van der Waals surface area contributed by atoms with Gasteiger partial charge in [0.15, 0.2) is 0 Å². The molecule has 1 heterocycles. The molecule has 0 atom stereocenters. The minimum absolute atomic E-state index is 0.265. The Hall–Kier alpha value is -2.12. The predicted molar refractivity (Wildman–Crippen MR) is 99.1 cm³/mol. The highest BCUT2D eigenvalue weighted by Crippen LogP contribution is 2.28. The third kappa shape index (κ3) is 6.03. The highest BCUT2D eigenvalue weighted by atomic mass is 35.5. The van der Waals surface area contributed by atoms with Gasteiger partial charge in [0.05, 0.1) is 10.4 Å². The fourth-order valence-electron chi connectivity index (χ4n) is 1.95. The van der Waals surface area contributed by atoms with Crippen molar-refractivity contribution in [1.82, 2.24) is 15.6 Å². The topological polar surface area (TPSA) is 80.3 Å². The first-order valence-corrected chi connectivity index (χ1v) is 8.96. The van der Waals surface area contributed by atoms with Crippen molar-refractivity contribution in [2.75, 3.05) is 13.1 Å². The lowest BCUT2D eigenvalue weighted by Gasteiger charge is -2.19. The van der Waals surface area contributed by atoms with Crippen molar-refractivity contribution in [1.29, 1.82) is 0 Å². The SMILES string of the molecule is CC(C)(C)OC(=O)NCCNC(=O)c1ncsc1-c1ccc(Cl)cc1. The van der Waals surface area contributed by atoms with Crippen LogP contribution in [0.25, 0.3) is 10.4 Å². The Balaban J connectivity index is 1.87. The first-order chi connectivity index (χ1) is 11.8. The summed E-state index contributed by atoms with van der Waals surface area (Å²) in [5.41, 5.74) is 2.30. The van der Waals surface area contributed by atoms with Gasteiger partial charge in [-0.25, -0.2) is 9.78 Å². The number of aromatic nitrogens is 1. The molecule has 0 saturated heterocycles. The number of hydrogen-bond acceptors (Lipinski definition) is 5. The Morgan fingerprint density at radius 2 is 1.80 bits per heavy atom. The van der Waals surface area contributed by atoms with E-state index in [9.17, 15) is 9.59 Å². The second kappa shape index (κ2) is 8.31. The molecule has 0 aliphatic heterocycles. The van der Waals surface area contributed by atoms with E-state index in [4.69, 9.17) is 16.3 Å². The summed E-state index contributed by atoms with van der Waals surface area (Å²) < 4.78 is 5.12. The maximum Gasteiger partial charge on any atom is 0.407 e. The highest BCUT2D eigenvalue weighted by Gasteiger charge is 2.17. The molecule has 134 valence electrons. The normalized spacial score (nSPS) is 11.0. The smallest absolute Gasteiger partial charge is 0.407 e. The van der Waals surface area contributed by atoms with Crippen LogP contribution in [0.5, 0.6) is 0 Å². The number of carbonyl (C=O) groups is 2. The number of nitrogens with zero attached hydrogens (tertiary/aromatic N) is 1. The van der Waals surface area contributed by atoms with Crippen molar-refractivity contribution in [2.24, 2.45) is 0 Å². The fourth-order valence-corrected chi connectivity index (χ4v) is 2.87. The van der Waals surface area contributed by atoms with Crippen LogP contribution in [-0.2, 0) is 4.74 Å². The van der Waals surface area contributed by atoms with Gasteiger partial charge >= 0.3 is 6.09 Å². The summed E-state index contributed by atoms with van der Waals surface area (Å²) in [6.07, 6.45) is -0.516. The van der Waals surface area contributed by atoms with Crippen molar-refractivity contribution in [3.05, 3.63) is 40.5 Å². The molecule has 2 aromatic rings. The summed E-state index contributed by atoms with van der Waals surface area (Å²) in [4.78, 5) is 28.7. The standard InChI is InChI=1S/C17H20ClN3O3S/c1-17(2,3)24-16(23)20-9-8-19-15(22)13-14(25-10-21-13)11-4-6-12(18)7-5-11/h4-7,10H,8-9H2,1-3H3,(H,19,22)(H,20,23). The quantitative estimate of drug-likeness (QED) is 0.773. The van der Waals surface area contributed by atoms with Crippen molar-refractivity contribution >= 4 is 34.9 Å². The largest absolute Gasteiger partial charge is 0.444 e. The molecule has 2 amide bonds. The number of nitrogens with one attached hydrogen (secondary N) is 2. The van der Waals surface area contributed by atoms with Crippen LogP contribution < -0.4 is 10.6 Å². The Morgan fingerprint density at radius 3 is 2.44 bits per heavy atom. The highest BCUT2D eigenvalue weighted by molar-refractivity contribution is 7.13. The summed E-state index contributed by atoms with van der Waals surface area (Å²) in [7, 11) is 0. The molecule has 0 aliphatic carbocycles. The molecule has 0 aliphatic rings. The van der Waals surface area contributed by atoms with Gasteiger partial charge in [0.2, 0.25) is 0 Å². The Morgan fingerprint density at radius 1 is 1.16 bits per heavy atom. The molecule has 0 fully saturated rings. The molecule has 0 unspecified atom stereocenters. The zero-order chi connectivity index (χ0) is 18.4. The average molecular weight is 382 g/mol. The molecule has 0 bridgehead atoms. The molecular weight excluding hydrogens is 362 g/mol. The van der Waals surface area contributed by atoms with Gasteiger partial charge in [-0.05, 0) is 38.5 Å². The van der Waals surface area contributed by atoms with Crippen LogP contribution in [0.2, 0.25) is 5.02 Å². The average Bonchev–Trinajstić information content (AvgIpc) is 3.00. The zero-order valence-electron chi connectivity index (χ0n) is 14.3. The number of halogens is 1. The van der Waals surface area contributed by atoms with E-state index < -0.39 is 11.7 Å². The van der Waals surface area contributed by atoms with Crippen LogP contribution in [0, 0.1) is 0 Å². The van der Waals surface area contributed by atoms with Crippen LogP contribution in [0.15, 0.2) is 29.8 Å². The third-order valence-corrected chi connectivity index (χ3v) is 4.10. The molecule has 1 aromatic heterocycles. The second-order valence-corrected chi connectivity index (χ2v) is 7.51. The number of rotatable bonds is 5. The maximum atomic E-state index is 12.3. The van der Waals surface area contributed by atoms with E-state index in [0.29, 0.717) is 10.7 Å².